The molecule has 0 unspecified atom stereocenters. The van der Waals surface area contributed by atoms with E-state index in [-0.39, 0.29) is 11.5 Å². The van der Waals surface area contributed by atoms with E-state index in [0.29, 0.717) is 45.7 Å². The van der Waals surface area contributed by atoms with E-state index in [0.717, 1.165) is 6.42 Å². The maximum atomic E-state index is 13.1. The van der Waals surface area contributed by atoms with Crippen LogP contribution in [0.15, 0.2) is 47.1 Å². The quantitative estimate of drug-likeness (QED) is 0.649. The lowest BCUT2D eigenvalue weighted by molar-refractivity contribution is -0.114. The fraction of sp³-hybridized carbons (Fsp3) is 0.227. The topological polar surface area (TPSA) is 88.4 Å². The molecule has 7 nitrogen and oxygen atoms in total. The summed E-state index contributed by atoms with van der Waals surface area (Å²) in [7, 11) is 1.52. The Kier molecular flexibility index (Phi) is 6.42. The van der Waals surface area contributed by atoms with Crippen LogP contribution < -0.4 is 14.5 Å². The highest BCUT2D eigenvalue weighted by molar-refractivity contribution is 6.33. The number of ether oxygens (including phenoxy) is 2. The fourth-order valence-electron chi connectivity index (χ4n) is 2.99. The minimum atomic E-state index is -1.08. The van der Waals surface area contributed by atoms with Crippen LogP contribution >= 0.6 is 11.6 Å². The highest BCUT2D eigenvalue weighted by Gasteiger charge is 2.29. The number of hydrogen-bond acceptors (Lipinski definition) is 5. The first-order valence-corrected chi connectivity index (χ1v) is 9.69. The van der Waals surface area contributed by atoms with Gasteiger partial charge in [0.05, 0.1) is 36.3 Å². The highest BCUT2D eigenvalue weighted by Crippen LogP contribution is 2.37. The monoisotopic (exact) mass is 428 g/mol. The van der Waals surface area contributed by atoms with Crippen molar-refractivity contribution in [2.75, 3.05) is 18.7 Å². The van der Waals surface area contributed by atoms with Crippen molar-refractivity contribution < 1.29 is 24.2 Å². The van der Waals surface area contributed by atoms with Gasteiger partial charge < -0.3 is 14.6 Å². The van der Waals surface area contributed by atoms with Crippen LogP contribution in [0.1, 0.15) is 36.2 Å². The molecule has 0 aromatic heterocycles. The predicted molar refractivity (Wildman–Crippen MR) is 116 cm³/mol. The Hall–Kier alpha value is -3.32. The smallest absolute Gasteiger partial charge is 0.335 e. The van der Waals surface area contributed by atoms with E-state index in [4.69, 9.17) is 21.1 Å². The molecule has 1 heterocycles. The molecule has 0 fully saturated rings. The van der Waals surface area contributed by atoms with Crippen LogP contribution in [0.4, 0.5) is 5.69 Å². The lowest BCUT2D eigenvalue weighted by Gasteiger charge is -2.14. The fourth-order valence-corrected chi connectivity index (χ4v) is 3.21. The molecule has 2 aromatic rings. The average Bonchev–Trinajstić information content (AvgIpc) is 3.01. The molecular weight excluding hydrogens is 408 g/mol. The molecular formula is C22H21ClN2O5. The Balaban J connectivity index is 2.02. The molecule has 1 N–H and O–H groups in total. The number of rotatable bonds is 7. The molecule has 0 radical (unpaired) electrons. The Bertz CT molecular complexity index is 1060. The summed E-state index contributed by atoms with van der Waals surface area (Å²) in [6.07, 6.45) is 2.45. The van der Waals surface area contributed by atoms with E-state index in [1.807, 2.05) is 6.92 Å². The van der Waals surface area contributed by atoms with E-state index in [9.17, 15) is 14.7 Å². The number of anilines is 1. The van der Waals surface area contributed by atoms with Gasteiger partial charge in [0.15, 0.2) is 11.5 Å². The van der Waals surface area contributed by atoms with Crippen LogP contribution in [0.5, 0.6) is 11.5 Å². The normalized spacial score (nSPS) is 14.8. The minimum Gasteiger partial charge on any atom is -0.493 e. The number of amides is 1. The Morgan fingerprint density at radius 3 is 2.73 bits per heavy atom. The van der Waals surface area contributed by atoms with Gasteiger partial charge in [-0.25, -0.2) is 4.79 Å². The van der Waals surface area contributed by atoms with Crippen LogP contribution in [0.3, 0.4) is 0 Å². The van der Waals surface area contributed by atoms with Gasteiger partial charge in [-0.2, -0.15) is 10.1 Å². The van der Waals surface area contributed by atoms with Crippen molar-refractivity contribution in [1.82, 2.24) is 0 Å². The summed E-state index contributed by atoms with van der Waals surface area (Å²) in [5, 5.41) is 15.1. The van der Waals surface area contributed by atoms with E-state index in [1.54, 1.807) is 37.3 Å². The van der Waals surface area contributed by atoms with Gasteiger partial charge in [0.25, 0.3) is 5.91 Å². The largest absolute Gasteiger partial charge is 0.493 e. The Morgan fingerprint density at radius 1 is 1.30 bits per heavy atom. The summed E-state index contributed by atoms with van der Waals surface area (Å²) >= 11 is 6.22. The van der Waals surface area contributed by atoms with Crippen molar-refractivity contribution in [3.05, 3.63) is 58.1 Å². The average molecular weight is 429 g/mol. The number of carbonyl (C=O) groups excluding carboxylic acids is 1. The number of methoxy groups -OCH3 is 1. The molecule has 8 heteroatoms. The maximum absolute atomic E-state index is 13.1. The van der Waals surface area contributed by atoms with Gasteiger partial charge in [-0.3, -0.25) is 4.79 Å². The van der Waals surface area contributed by atoms with E-state index in [2.05, 4.69) is 5.10 Å². The molecule has 0 bridgehead atoms. The summed E-state index contributed by atoms with van der Waals surface area (Å²) in [6, 6.07) is 9.39. The van der Waals surface area contributed by atoms with Gasteiger partial charge in [0.1, 0.15) is 0 Å². The summed E-state index contributed by atoms with van der Waals surface area (Å²) in [4.78, 5) is 24.3. The number of nitrogens with zero attached hydrogens (tertiary/aromatic N) is 2. The first kappa shape index (κ1) is 21.4. The van der Waals surface area contributed by atoms with E-state index >= 15 is 0 Å². The van der Waals surface area contributed by atoms with Crippen molar-refractivity contribution in [2.24, 2.45) is 5.10 Å². The molecule has 0 saturated carbocycles. The third-order valence-electron chi connectivity index (χ3n) is 4.42. The SMILES string of the molecule is CCCOc1c(/C=C2/C(=O)N(c3cccc(C(=O)O)c3)N=C2C)cc(Cl)cc1OC. The molecule has 1 aliphatic rings. The standard InChI is InChI=1S/C22H21ClN2O5/c1-4-8-30-20-15(9-16(23)12-19(20)29-3)11-18-13(2)24-25(21(18)26)17-7-5-6-14(10-17)22(27)28/h5-7,9-12H,4,8H2,1-3H3,(H,27,28)/b18-11+. The van der Waals surface area contributed by atoms with Gasteiger partial charge in [-0.1, -0.05) is 24.6 Å². The van der Waals surface area contributed by atoms with Crippen LogP contribution in [-0.4, -0.2) is 36.4 Å². The number of benzene rings is 2. The summed E-state index contributed by atoms with van der Waals surface area (Å²) in [5.41, 5.74) is 1.86. The van der Waals surface area contributed by atoms with Crippen molar-refractivity contribution >= 4 is 41.0 Å². The molecule has 0 atom stereocenters. The second kappa shape index (κ2) is 9.00. The summed E-state index contributed by atoms with van der Waals surface area (Å²) in [5.74, 6) is -0.504. The second-order valence-corrected chi connectivity index (χ2v) is 7.03. The van der Waals surface area contributed by atoms with Gasteiger partial charge in [-0.15, -0.1) is 0 Å². The number of carbonyl (C=O) groups is 2. The van der Waals surface area contributed by atoms with Crippen LogP contribution in [0.25, 0.3) is 6.08 Å². The van der Waals surface area contributed by atoms with Crippen molar-refractivity contribution in [2.45, 2.75) is 20.3 Å². The number of aromatic carboxylic acids is 1. The number of halogens is 1. The molecule has 1 amide bonds. The zero-order chi connectivity index (χ0) is 21.8. The molecule has 1 aliphatic heterocycles. The number of carboxylic acids is 1. The Labute approximate surface area is 179 Å². The van der Waals surface area contributed by atoms with E-state index < -0.39 is 5.97 Å². The van der Waals surface area contributed by atoms with Crippen molar-refractivity contribution in [3.8, 4) is 11.5 Å². The first-order chi connectivity index (χ1) is 14.3. The third-order valence-corrected chi connectivity index (χ3v) is 4.64. The van der Waals surface area contributed by atoms with Gasteiger partial charge in [0.2, 0.25) is 0 Å². The van der Waals surface area contributed by atoms with Gasteiger partial charge >= 0.3 is 5.97 Å². The minimum absolute atomic E-state index is 0.0698. The third kappa shape index (κ3) is 4.31. The second-order valence-electron chi connectivity index (χ2n) is 6.59. The molecule has 156 valence electrons. The Morgan fingerprint density at radius 2 is 2.07 bits per heavy atom. The molecule has 30 heavy (non-hydrogen) atoms. The first-order valence-electron chi connectivity index (χ1n) is 9.31. The van der Waals surface area contributed by atoms with Crippen LogP contribution in [-0.2, 0) is 4.79 Å². The maximum Gasteiger partial charge on any atom is 0.335 e. The summed E-state index contributed by atoms with van der Waals surface area (Å²) in [6.45, 7) is 4.17. The number of carboxylic acid groups (broad SMARTS) is 1. The zero-order valence-corrected chi connectivity index (χ0v) is 17.6. The van der Waals surface area contributed by atoms with E-state index in [1.165, 1.54) is 24.3 Å². The summed E-state index contributed by atoms with van der Waals surface area (Å²) < 4.78 is 11.2. The number of hydrogen-bond donors (Lipinski definition) is 1. The molecule has 0 aliphatic carbocycles. The van der Waals surface area contributed by atoms with Crippen LogP contribution in [0.2, 0.25) is 5.02 Å². The molecule has 3 rings (SSSR count). The molecule has 0 saturated heterocycles. The zero-order valence-electron chi connectivity index (χ0n) is 16.8. The lowest BCUT2D eigenvalue weighted by atomic mass is 10.1. The lowest BCUT2D eigenvalue weighted by Crippen LogP contribution is -2.21. The highest BCUT2D eigenvalue weighted by atomic mass is 35.5. The van der Waals surface area contributed by atoms with Crippen molar-refractivity contribution in [3.63, 3.8) is 0 Å². The predicted octanol–water partition coefficient (Wildman–Crippen LogP) is 4.64. The molecule has 2 aromatic carbocycles. The number of hydrazone groups is 1. The molecule has 0 spiro atoms. The van der Waals surface area contributed by atoms with Crippen molar-refractivity contribution in [1.29, 1.82) is 0 Å². The van der Waals surface area contributed by atoms with Gasteiger partial charge in [0, 0.05) is 16.7 Å². The van der Waals surface area contributed by atoms with Gasteiger partial charge in [-0.05, 0) is 43.7 Å². The van der Waals surface area contributed by atoms with Crippen LogP contribution in [0, 0.1) is 0 Å².